The molecule has 0 unspecified atom stereocenters. The van der Waals surface area contributed by atoms with Crippen LogP contribution in [0.1, 0.15) is 32.6 Å². The molecule has 0 radical (unpaired) electrons. The maximum atomic E-state index is 11.1. The van der Waals surface area contributed by atoms with Crippen LogP contribution in [-0.4, -0.2) is 31.4 Å². The van der Waals surface area contributed by atoms with Gasteiger partial charge in [-0.15, -0.1) is 0 Å². The smallest absolute Gasteiger partial charge is 0.233 e. The normalized spacial score (nSPS) is 9.93. The average Bonchev–Trinajstić information content (AvgIpc) is 2.17. The first kappa shape index (κ1) is 13.9. The fourth-order valence-electron chi connectivity index (χ4n) is 1.06. The van der Waals surface area contributed by atoms with Gasteiger partial charge in [0.05, 0.1) is 6.54 Å². The van der Waals surface area contributed by atoms with Gasteiger partial charge in [-0.1, -0.05) is 13.3 Å². The van der Waals surface area contributed by atoms with Crippen LogP contribution < -0.4 is 16.4 Å². The van der Waals surface area contributed by atoms with Crippen LogP contribution in [0.4, 0.5) is 0 Å². The molecule has 0 aliphatic heterocycles. The summed E-state index contributed by atoms with van der Waals surface area (Å²) >= 11 is 0. The van der Waals surface area contributed by atoms with Crippen molar-refractivity contribution in [3.8, 4) is 0 Å². The van der Waals surface area contributed by atoms with Gasteiger partial charge in [-0.2, -0.15) is 0 Å². The molecule has 0 aromatic rings. The Morgan fingerprint density at radius 1 is 1.20 bits per heavy atom. The van der Waals surface area contributed by atoms with Gasteiger partial charge >= 0.3 is 0 Å². The van der Waals surface area contributed by atoms with Gasteiger partial charge in [-0.25, -0.2) is 0 Å². The number of hydrogen-bond acceptors (Lipinski definition) is 3. The number of rotatable bonds is 9. The van der Waals surface area contributed by atoms with Gasteiger partial charge in [0.1, 0.15) is 0 Å². The van der Waals surface area contributed by atoms with Crippen LogP contribution in [0, 0.1) is 0 Å². The molecule has 0 atom stereocenters. The third kappa shape index (κ3) is 10.8. The van der Waals surface area contributed by atoms with Crippen LogP contribution in [-0.2, 0) is 9.59 Å². The van der Waals surface area contributed by atoms with Gasteiger partial charge in [0, 0.05) is 13.0 Å². The maximum Gasteiger partial charge on any atom is 0.233 e. The molecule has 88 valence electrons. The molecule has 0 aromatic heterocycles. The molecule has 4 N–H and O–H groups in total. The van der Waals surface area contributed by atoms with Gasteiger partial charge < -0.3 is 16.4 Å². The van der Waals surface area contributed by atoms with E-state index in [9.17, 15) is 9.59 Å². The SMILES string of the molecule is CCCCNC(=O)CNCCCC(N)=O. The lowest BCUT2D eigenvalue weighted by Crippen LogP contribution is -2.34. The van der Waals surface area contributed by atoms with Crippen LogP contribution in [0.5, 0.6) is 0 Å². The van der Waals surface area contributed by atoms with E-state index in [4.69, 9.17) is 5.73 Å². The lowest BCUT2D eigenvalue weighted by atomic mass is 10.3. The molecular weight excluding hydrogens is 194 g/mol. The third-order valence-corrected chi connectivity index (χ3v) is 1.91. The minimum Gasteiger partial charge on any atom is -0.370 e. The second-order valence-electron chi connectivity index (χ2n) is 3.45. The highest BCUT2D eigenvalue weighted by molar-refractivity contribution is 5.77. The molecule has 0 aromatic carbocycles. The van der Waals surface area contributed by atoms with Crippen molar-refractivity contribution >= 4 is 11.8 Å². The summed E-state index contributed by atoms with van der Waals surface area (Å²) in [5, 5.41) is 5.74. The van der Waals surface area contributed by atoms with Crippen LogP contribution in [0.3, 0.4) is 0 Å². The van der Waals surface area contributed by atoms with E-state index in [1.54, 1.807) is 0 Å². The minimum absolute atomic E-state index is 0.00234. The predicted octanol–water partition coefficient (Wildman–Crippen LogP) is -0.242. The summed E-state index contributed by atoms with van der Waals surface area (Å²) in [5.74, 6) is -0.299. The number of unbranched alkanes of at least 4 members (excludes halogenated alkanes) is 1. The third-order valence-electron chi connectivity index (χ3n) is 1.91. The van der Waals surface area contributed by atoms with Crippen molar-refractivity contribution in [2.45, 2.75) is 32.6 Å². The molecule has 5 nitrogen and oxygen atoms in total. The summed E-state index contributed by atoms with van der Waals surface area (Å²) in [6, 6.07) is 0. The number of primary amides is 1. The van der Waals surface area contributed by atoms with Crippen molar-refractivity contribution in [2.75, 3.05) is 19.6 Å². The number of carbonyl (C=O) groups excluding carboxylic acids is 2. The Labute approximate surface area is 90.8 Å². The number of nitrogens with one attached hydrogen (secondary N) is 2. The van der Waals surface area contributed by atoms with Gasteiger partial charge in [-0.3, -0.25) is 9.59 Å². The zero-order valence-electron chi connectivity index (χ0n) is 9.34. The molecule has 0 aliphatic carbocycles. The van der Waals surface area contributed by atoms with Crippen LogP contribution in [0.2, 0.25) is 0 Å². The number of amides is 2. The van der Waals surface area contributed by atoms with Crippen molar-refractivity contribution in [2.24, 2.45) is 5.73 Å². The van der Waals surface area contributed by atoms with Gasteiger partial charge in [0.25, 0.3) is 0 Å². The van der Waals surface area contributed by atoms with Gasteiger partial charge in [-0.05, 0) is 19.4 Å². The van der Waals surface area contributed by atoms with Gasteiger partial charge in [0.2, 0.25) is 11.8 Å². The van der Waals surface area contributed by atoms with Crippen molar-refractivity contribution in [3.05, 3.63) is 0 Å². The quantitative estimate of drug-likeness (QED) is 0.464. The Morgan fingerprint density at radius 3 is 2.53 bits per heavy atom. The largest absolute Gasteiger partial charge is 0.370 e. The topological polar surface area (TPSA) is 84.2 Å². The summed E-state index contributed by atoms with van der Waals surface area (Å²) in [6.45, 7) is 3.76. The monoisotopic (exact) mass is 215 g/mol. The molecule has 5 heteroatoms. The molecule has 0 saturated carbocycles. The highest BCUT2D eigenvalue weighted by Crippen LogP contribution is 1.84. The molecule has 0 saturated heterocycles. The molecular formula is C10H21N3O2. The van der Waals surface area contributed by atoms with Crippen molar-refractivity contribution in [3.63, 3.8) is 0 Å². The lowest BCUT2D eigenvalue weighted by molar-refractivity contribution is -0.120. The Morgan fingerprint density at radius 2 is 1.93 bits per heavy atom. The first-order valence-corrected chi connectivity index (χ1v) is 5.42. The zero-order chi connectivity index (χ0) is 11.5. The second-order valence-corrected chi connectivity index (χ2v) is 3.45. The number of nitrogens with two attached hydrogens (primary N) is 1. The fraction of sp³-hybridized carbons (Fsp3) is 0.800. The standard InChI is InChI=1S/C10H21N3O2/c1-2-3-7-13-10(15)8-12-6-4-5-9(11)14/h12H,2-8H2,1H3,(H2,11,14)(H,13,15). The minimum atomic E-state index is -0.302. The summed E-state index contributed by atoms with van der Waals surface area (Å²) < 4.78 is 0. The summed E-state index contributed by atoms with van der Waals surface area (Å²) in [4.78, 5) is 21.5. The second kappa shape index (κ2) is 9.45. The van der Waals surface area contributed by atoms with E-state index in [1.807, 2.05) is 0 Å². The predicted molar refractivity (Wildman–Crippen MR) is 59.2 cm³/mol. The average molecular weight is 215 g/mol. The molecule has 0 aliphatic rings. The molecule has 0 heterocycles. The van der Waals surface area contributed by atoms with Crippen LogP contribution >= 0.6 is 0 Å². The van der Waals surface area contributed by atoms with Crippen molar-refractivity contribution < 1.29 is 9.59 Å². The highest BCUT2D eigenvalue weighted by Gasteiger charge is 1.99. The van der Waals surface area contributed by atoms with E-state index in [0.29, 0.717) is 25.9 Å². The Balaban J connectivity index is 3.20. The van der Waals surface area contributed by atoms with E-state index < -0.39 is 0 Å². The number of hydrogen-bond donors (Lipinski definition) is 3. The Hall–Kier alpha value is -1.10. The first-order chi connectivity index (χ1) is 7.16. The van der Waals surface area contributed by atoms with Crippen molar-refractivity contribution in [1.82, 2.24) is 10.6 Å². The molecule has 0 fully saturated rings. The Kier molecular flexibility index (Phi) is 8.76. The van der Waals surface area contributed by atoms with Crippen LogP contribution in [0.15, 0.2) is 0 Å². The molecule has 2 amide bonds. The maximum absolute atomic E-state index is 11.1. The van der Waals surface area contributed by atoms with E-state index >= 15 is 0 Å². The molecule has 15 heavy (non-hydrogen) atoms. The molecule has 0 bridgehead atoms. The summed E-state index contributed by atoms with van der Waals surface area (Å²) in [5.41, 5.74) is 4.97. The highest BCUT2D eigenvalue weighted by atomic mass is 16.2. The van der Waals surface area contributed by atoms with E-state index in [1.165, 1.54) is 0 Å². The number of carbonyl (C=O) groups is 2. The summed E-state index contributed by atoms with van der Waals surface area (Å²) in [7, 11) is 0. The summed E-state index contributed by atoms with van der Waals surface area (Å²) in [6.07, 6.45) is 3.13. The zero-order valence-corrected chi connectivity index (χ0v) is 9.34. The van der Waals surface area contributed by atoms with Crippen LogP contribution in [0.25, 0.3) is 0 Å². The molecule has 0 spiro atoms. The van der Waals surface area contributed by atoms with Gasteiger partial charge in [0.15, 0.2) is 0 Å². The Bertz CT molecular complexity index is 195. The lowest BCUT2D eigenvalue weighted by Gasteiger charge is -2.05. The van der Waals surface area contributed by atoms with E-state index in [-0.39, 0.29) is 11.8 Å². The first-order valence-electron chi connectivity index (χ1n) is 5.42. The molecule has 0 rings (SSSR count). The van der Waals surface area contributed by atoms with E-state index in [0.717, 1.165) is 19.4 Å². The van der Waals surface area contributed by atoms with E-state index in [2.05, 4.69) is 17.6 Å². The van der Waals surface area contributed by atoms with Crippen molar-refractivity contribution in [1.29, 1.82) is 0 Å². The fourth-order valence-corrected chi connectivity index (χ4v) is 1.06.